The molecule has 7 heteroatoms. The van der Waals surface area contributed by atoms with Gasteiger partial charge in [-0.1, -0.05) is 24.3 Å². The molecule has 3 aromatic rings. The summed E-state index contributed by atoms with van der Waals surface area (Å²) in [5.74, 6) is 0.552. The van der Waals surface area contributed by atoms with E-state index in [0.717, 1.165) is 0 Å². The first kappa shape index (κ1) is 17.9. The Morgan fingerprint density at radius 3 is 2.44 bits per heavy atom. The maximum atomic E-state index is 12.4. The number of benzene rings is 2. The number of amides is 1. The van der Waals surface area contributed by atoms with Gasteiger partial charge in [0.1, 0.15) is 11.8 Å². The van der Waals surface area contributed by atoms with E-state index in [2.05, 4.69) is 26.7 Å². The molecule has 0 fully saturated rings. The van der Waals surface area contributed by atoms with Crippen molar-refractivity contribution in [2.75, 3.05) is 17.2 Å². The fraction of sp³-hybridized carbons (Fsp3) is 0.100. The van der Waals surface area contributed by atoms with E-state index in [9.17, 15) is 4.79 Å². The number of carbonyl (C=O) groups excluding carboxylic acids is 1. The molecule has 0 spiro atoms. The highest BCUT2D eigenvalue weighted by atomic mass is 16.5. The summed E-state index contributed by atoms with van der Waals surface area (Å²) in [6.45, 7) is 2.38. The van der Waals surface area contributed by atoms with E-state index in [4.69, 9.17) is 10.00 Å². The summed E-state index contributed by atoms with van der Waals surface area (Å²) >= 11 is 0. The van der Waals surface area contributed by atoms with E-state index in [1.165, 1.54) is 12.4 Å². The van der Waals surface area contributed by atoms with Crippen LogP contribution in [0.15, 0.2) is 60.9 Å². The lowest BCUT2D eigenvalue weighted by molar-refractivity contribution is 0.102. The predicted octanol–water partition coefficient (Wildman–Crippen LogP) is 3.74. The fourth-order valence-electron chi connectivity index (χ4n) is 2.37. The molecule has 134 valence electrons. The molecule has 7 nitrogen and oxygen atoms in total. The summed E-state index contributed by atoms with van der Waals surface area (Å²) in [6, 6.07) is 16.3. The lowest BCUT2D eigenvalue weighted by atomic mass is 10.2. The number of nitrogens with one attached hydrogen (secondary N) is 2. The molecule has 1 heterocycles. The van der Waals surface area contributed by atoms with Crippen LogP contribution < -0.4 is 15.4 Å². The fourth-order valence-corrected chi connectivity index (χ4v) is 2.37. The van der Waals surface area contributed by atoms with Crippen LogP contribution in [0.25, 0.3) is 0 Å². The molecule has 0 saturated carbocycles. The van der Waals surface area contributed by atoms with Gasteiger partial charge in [-0.2, -0.15) is 5.26 Å². The number of rotatable bonds is 6. The minimum atomic E-state index is -0.342. The lowest BCUT2D eigenvalue weighted by Gasteiger charge is -2.11. The number of ether oxygens (including phenoxy) is 1. The Balaban J connectivity index is 1.72. The molecule has 0 radical (unpaired) electrons. The number of carbonyl (C=O) groups is 1. The van der Waals surface area contributed by atoms with Crippen molar-refractivity contribution < 1.29 is 9.53 Å². The second kappa shape index (κ2) is 8.45. The van der Waals surface area contributed by atoms with Crippen molar-refractivity contribution in [1.82, 2.24) is 9.97 Å². The van der Waals surface area contributed by atoms with Gasteiger partial charge in [0.15, 0.2) is 0 Å². The maximum Gasteiger partial charge on any atom is 0.258 e. The average molecular weight is 359 g/mol. The Kier molecular flexibility index (Phi) is 5.60. The zero-order valence-corrected chi connectivity index (χ0v) is 14.6. The molecule has 0 aliphatic rings. The number of nitriles is 1. The molecular formula is C20H17N5O2. The van der Waals surface area contributed by atoms with Crippen molar-refractivity contribution in [3.05, 3.63) is 72.1 Å². The second-order valence-corrected chi connectivity index (χ2v) is 5.46. The molecule has 0 saturated heterocycles. The van der Waals surface area contributed by atoms with Gasteiger partial charge in [-0.25, -0.2) is 9.97 Å². The molecular weight excluding hydrogens is 342 g/mol. The molecule has 2 N–H and O–H groups in total. The van der Waals surface area contributed by atoms with Gasteiger partial charge >= 0.3 is 0 Å². The van der Waals surface area contributed by atoms with Gasteiger partial charge in [-0.15, -0.1) is 0 Å². The molecule has 0 unspecified atom stereocenters. The third kappa shape index (κ3) is 4.38. The van der Waals surface area contributed by atoms with Crippen molar-refractivity contribution >= 4 is 23.2 Å². The largest absolute Gasteiger partial charge is 0.492 e. The number of hydrogen-bond acceptors (Lipinski definition) is 6. The summed E-state index contributed by atoms with van der Waals surface area (Å²) in [7, 11) is 0. The van der Waals surface area contributed by atoms with E-state index >= 15 is 0 Å². The van der Waals surface area contributed by atoms with Crippen LogP contribution in [0.1, 0.15) is 22.8 Å². The van der Waals surface area contributed by atoms with Crippen LogP contribution in [0.4, 0.5) is 17.3 Å². The highest BCUT2D eigenvalue weighted by Crippen LogP contribution is 2.24. The third-order valence-corrected chi connectivity index (χ3v) is 3.64. The van der Waals surface area contributed by atoms with Crippen molar-refractivity contribution in [1.29, 1.82) is 5.26 Å². The van der Waals surface area contributed by atoms with Gasteiger partial charge in [0.2, 0.25) is 5.95 Å². The highest BCUT2D eigenvalue weighted by Gasteiger charge is 2.11. The summed E-state index contributed by atoms with van der Waals surface area (Å²) < 4.78 is 5.50. The van der Waals surface area contributed by atoms with Crippen molar-refractivity contribution in [2.45, 2.75) is 6.92 Å². The van der Waals surface area contributed by atoms with Gasteiger partial charge < -0.3 is 15.4 Å². The molecule has 0 aliphatic heterocycles. The normalized spacial score (nSPS) is 9.93. The van der Waals surface area contributed by atoms with Crippen molar-refractivity contribution in [2.24, 2.45) is 0 Å². The van der Waals surface area contributed by atoms with E-state index < -0.39 is 0 Å². The topological polar surface area (TPSA) is 99.9 Å². The molecule has 0 atom stereocenters. The van der Waals surface area contributed by atoms with Gasteiger partial charge in [-0.3, -0.25) is 4.79 Å². The third-order valence-electron chi connectivity index (χ3n) is 3.64. The zero-order chi connectivity index (χ0) is 19.1. The SMILES string of the molecule is CCOc1ccccc1NC(=O)c1cnc(Nc2ccccc2C#N)nc1. The Morgan fingerprint density at radius 2 is 1.74 bits per heavy atom. The van der Waals surface area contributed by atoms with Crippen LogP contribution in [0, 0.1) is 11.3 Å². The number of nitrogens with zero attached hydrogens (tertiary/aromatic N) is 3. The first-order chi connectivity index (χ1) is 13.2. The minimum absolute atomic E-state index is 0.295. The molecule has 27 heavy (non-hydrogen) atoms. The highest BCUT2D eigenvalue weighted by molar-refractivity contribution is 6.04. The van der Waals surface area contributed by atoms with E-state index in [1.54, 1.807) is 36.4 Å². The Hall–Kier alpha value is -3.92. The van der Waals surface area contributed by atoms with Gasteiger partial charge in [-0.05, 0) is 31.2 Å². The number of para-hydroxylation sites is 3. The summed E-state index contributed by atoms with van der Waals surface area (Å²) in [6.07, 6.45) is 2.84. The van der Waals surface area contributed by atoms with Crippen molar-refractivity contribution in [3.8, 4) is 11.8 Å². The van der Waals surface area contributed by atoms with Crippen LogP contribution >= 0.6 is 0 Å². The molecule has 1 amide bonds. The van der Waals surface area contributed by atoms with Crippen LogP contribution in [-0.4, -0.2) is 22.5 Å². The molecule has 0 bridgehead atoms. The van der Waals surface area contributed by atoms with E-state index in [-0.39, 0.29) is 5.91 Å². The Bertz CT molecular complexity index is 980. The molecule has 1 aromatic heterocycles. The maximum absolute atomic E-state index is 12.4. The van der Waals surface area contributed by atoms with E-state index in [0.29, 0.717) is 40.8 Å². The van der Waals surface area contributed by atoms with Gasteiger partial charge in [0, 0.05) is 12.4 Å². The van der Waals surface area contributed by atoms with Crippen LogP contribution in [-0.2, 0) is 0 Å². The van der Waals surface area contributed by atoms with Crippen LogP contribution in [0.5, 0.6) is 5.75 Å². The predicted molar refractivity (Wildman–Crippen MR) is 102 cm³/mol. The number of aromatic nitrogens is 2. The van der Waals surface area contributed by atoms with Gasteiger partial charge in [0.25, 0.3) is 5.91 Å². The monoisotopic (exact) mass is 359 g/mol. The smallest absolute Gasteiger partial charge is 0.258 e. The second-order valence-electron chi connectivity index (χ2n) is 5.46. The minimum Gasteiger partial charge on any atom is -0.492 e. The van der Waals surface area contributed by atoms with E-state index in [1.807, 2.05) is 19.1 Å². The molecule has 2 aromatic carbocycles. The first-order valence-electron chi connectivity index (χ1n) is 8.32. The summed E-state index contributed by atoms with van der Waals surface area (Å²) in [5.41, 5.74) is 1.97. The summed E-state index contributed by atoms with van der Waals surface area (Å²) in [4.78, 5) is 20.7. The molecule has 3 rings (SSSR count). The van der Waals surface area contributed by atoms with Crippen LogP contribution in [0.2, 0.25) is 0 Å². The summed E-state index contributed by atoms with van der Waals surface area (Å²) in [5, 5.41) is 14.9. The first-order valence-corrected chi connectivity index (χ1v) is 8.32. The lowest BCUT2D eigenvalue weighted by Crippen LogP contribution is -2.14. The number of anilines is 3. The van der Waals surface area contributed by atoms with Crippen molar-refractivity contribution in [3.63, 3.8) is 0 Å². The zero-order valence-electron chi connectivity index (χ0n) is 14.6. The molecule has 0 aliphatic carbocycles. The Morgan fingerprint density at radius 1 is 1.07 bits per heavy atom. The quantitative estimate of drug-likeness (QED) is 0.695. The standard InChI is InChI=1S/C20H17N5O2/c1-2-27-18-10-6-5-9-17(18)24-19(26)15-12-22-20(23-13-15)25-16-8-4-3-7-14(16)11-21/h3-10,12-13H,2H2,1H3,(H,24,26)(H,22,23,25). The Labute approximate surface area is 156 Å². The van der Waals surface area contributed by atoms with Crippen LogP contribution in [0.3, 0.4) is 0 Å². The average Bonchev–Trinajstić information content (AvgIpc) is 2.70. The number of hydrogen-bond donors (Lipinski definition) is 2. The van der Waals surface area contributed by atoms with Gasteiger partial charge in [0.05, 0.1) is 29.1 Å².